The second-order valence-corrected chi connectivity index (χ2v) is 7.54. The average Bonchev–Trinajstić information content (AvgIpc) is 3.16. The number of methoxy groups -OCH3 is 1. The lowest BCUT2D eigenvalue weighted by Gasteiger charge is -2.28. The molecule has 1 unspecified atom stereocenters. The Balaban J connectivity index is 0.000000257. The van der Waals surface area contributed by atoms with E-state index in [0.717, 1.165) is 17.7 Å². The lowest BCUT2D eigenvalue weighted by Crippen LogP contribution is -2.38. The minimum Gasteiger partial charge on any atom is -0.464 e. The number of nitrogens with two attached hydrogens (primary N) is 1. The quantitative estimate of drug-likeness (QED) is 0.400. The predicted octanol–water partition coefficient (Wildman–Crippen LogP) is 3.43. The van der Waals surface area contributed by atoms with Crippen LogP contribution in [0.3, 0.4) is 0 Å². The Bertz CT molecular complexity index is 1050. The molecule has 2 N–H and O–H groups in total. The molecule has 1 amide bonds. The van der Waals surface area contributed by atoms with Crippen molar-refractivity contribution in [1.29, 1.82) is 0 Å². The van der Waals surface area contributed by atoms with E-state index in [1.54, 1.807) is 0 Å². The number of hydrogen-bond acceptors (Lipinski definition) is 5. The van der Waals surface area contributed by atoms with Crippen LogP contribution in [0.15, 0.2) is 12.1 Å². The van der Waals surface area contributed by atoms with Gasteiger partial charge in [-0.25, -0.2) is 22.9 Å². The first-order chi connectivity index (χ1) is 15.8. The van der Waals surface area contributed by atoms with Gasteiger partial charge in [0.1, 0.15) is 5.82 Å². The minimum absolute atomic E-state index is 0.0469. The van der Waals surface area contributed by atoms with E-state index in [2.05, 4.69) is 9.72 Å². The van der Waals surface area contributed by atoms with Crippen molar-refractivity contribution in [3.05, 3.63) is 52.4 Å². The second-order valence-electron chi connectivity index (χ2n) is 7.54. The van der Waals surface area contributed by atoms with Crippen molar-refractivity contribution < 1.29 is 40.7 Å². The van der Waals surface area contributed by atoms with Crippen LogP contribution in [0.1, 0.15) is 47.8 Å². The summed E-state index contributed by atoms with van der Waals surface area (Å²) < 4.78 is 82.4. The van der Waals surface area contributed by atoms with Gasteiger partial charge in [0.2, 0.25) is 11.7 Å². The summed E-state index contributed by atoms with van der Waals surface area (Å²) in [5.41, 5.74) is 5.35. The van der Waals surface area contributed by atoms with E-state index in [1.165, 1.54) is 11.8 Å². The van der Waals surface area contributed by atoms with Crippen LogP contribution in [0, 0.1) is 17.5 Å². The largest absolute Gasteiger partial charge is 0.464 e. The molecule has 13 heteroatoms. The van der Waals surface area contributed by atoms with Crippen molar-refractivity contribution in [2.24, 2.45) is 5.73 Å². The van der Waals surface area contributed by atoms with Gasteiger partial charge < -0.3 is 19.9 Å². The van der Waals surface area contributed by atoms with Gasteiger partial charge in [0.25, 0.3) is 0 Å². The third-order valence-corrected chi connectivity index (χ3v) is 5.18. The molecule has 1 atom stereocenters. The number of alkyl halides is 3. The Morgan fingerprint density at radius 1 is 1.15 bits per heavy atom. The van der Waals surface area contributed by atoms with E-state index < -0.39 is 41.1 Å². The van der Waals surface area contributed by atoms with Crippen LogP contribution in [-0.4, -0.2) is 46.0 Å². The summed E-state index contributed by atoms with van der Waals surface area (Å²) in [4.78, 5) is 27.6. The van der Waals surface area contributed by atoms with Crippen molar-refractivity contribution >= 4 is 11.9 Å². The molecule has 2 heterocycles. The number of carbonyl (C=O) groups is 2. The Hall–Kier alpha value is -3.09. The molecule has 2 aromatic rings. The SMILES string of the molecule is CCC(N)Cc1cc(F)c(F)cc1F.COC(=O)c1nc(C(F)(F)F)n2c1CN(C(C)=O)CC2. The molecule has 0 saturated heterocycles. The Kier molecular flexibility index (Phi) is 8.70. The molecule has 0 aliphatic carbocycles. The van der Waals surface area contributed by atoms with Gasteiger partial charge in [0, 0.05) is 32.1 Å². The van der Waals surface area contributed by atoms with Crippen molar-refractivity contribution in [1.82, 2.24) is 14.5 Å². The smallest absolute Gasteiger partial charge is 0.449 e. The van der Waals surface area contributed by atoms with Gasteiger partial charge in [-0.05, 0) is 24.5 Å². The van der Waals surface area contributed by atoms with Gasteiger partial charge in [-0.3, -0.25) is 4.79 Å². The number of fused-ring (bicyclic) bond motifs is 1. The molecule has 0 bridgehead atoms. The normalized spacial score (nSPS) is 14.1. The summed E-state index contributed by atoms with van der Waals surface area (Å²) in [5, 5.41) is 0. The summed E-state index contributed by atoms with van der Waals surface area (Å²) in [6.45, 7) is 3.15. The molecule has 0 spiro atoms. The number of imidazole rings is 1. The average molecular weight is 494 g/mol. The highest BCUT2D eigenvalue weighted by Crippen LogP contribution is 2.32. The summed E-state index contributed by atoms with van der Waals surface area (Å²) in [6, 6.07) is 1.18. The maximum Gasteiger partial charge on any atom is 0.449 e. The molecular formula is C21H24F6N4O3. The summed E-state index contributed by atoms with van der Waals surface area (Å²) in [5.74, 6) is -5.32. The van der Waals surface area contributed by atoms with Crippen LogP contribution in [0.2, 0.25) is 0 Å². The van der Waals surface area contributed by atoms with E-state index >= 15 is 0 Å². The number of nitrogens with zero attached hydrogens (tertiary/aromatic N) is 3. The van der Waals surface area contributed by atoms with Gasteiger partial charge >= 0.3 is 12.1 Å². The van der Waals surface area contributed by atoms with Crippen LogP contribution in [0.5, 0.6) is 0 Å². The molecule has 34 heavy (non-hydrogen) atoms. The van der Waals surface area contributed by atoms with Gasteiger partial charge in [-0.1, -0.05) is 6.92 Å². The highest BCUT2D eigenvalue weighted by Gasteiger charge is 2.41. The number of amides is 1. The van der Waals surface area contributed by atoms with E-state index in [9.17, 15) is 35.9 Å². The van der Waals surface area contributed by atoms with Crippen LogP contribution >= 0.6 is 0 Å². The molecule has 3 rings (SSSR count). The van der Waals surface area contributed by atoms with E-state index in [-0.39, 0.29) is 49.3 Å². The fourth-order valence-electron chi connectivity index (χ4n) is 3.26. The van der Waals surface area contributed by atoms with Crippen LogP contribution in [-0.2, 0) is 35.2 Å². The van der Waals surface area contributed by atoms with Crippen LogP contribution < -0.4 is 5.73 Å². The molecule has 0 saturated carbocycles. The number of carbonyl (C=O) groups excluding carboxylic acids is 2. The Morgan fingerprint density at radius 2 is 1.76 bits per heavy atom. The molecule has 1 aliphatic heterocycles. The first kappa shape index (κ1) is 27.2. The standard InChI is InChI=1S/C11H12F3N3O3.C10H12F3N/c1-6(18)16-3-4-17-7(5-16)8(9(19)20-2)15-10(17)11(12,13)14;1-2-7(14)3-6-4-9(12)10(13)5-8(6)11/h3-5H2,1-2H3;4-5,7H,2-3,14H2,1H3. The van der Waals surface area contributed by atoms with Gasteiger partial charge in [0.15, 0.2) is 17.3 Å². The van der Waals surface area contributed by atoms with Gasteiger partial charge in [-0.15, -0.1) is 0 Å². The molecule has 7 nitrogen and oxygen atoms in total. The molecule has 0 fully saturated rings. The van der Waals surface area contributed by atoms with Crippen LogP contribution in [0.4, 0.5) is 26.3 Å². The first-order valence-corrected chi connectivity index (χ1v) is 10.2. The van der Waals surface area contributed by atoms with Crippen molar-refractivity contribution in [2.75, 3.05) is 13.7 Å². The molecule has 188 valence electrons. The maximum atomic E-state index is 13.1. The zero-order valence-electron chi connectivity index (χ0n) is 18.7. The Labute approximate surface area is 191 Å². The number of aromatic nitrogens is 2. The number of benzene rings is 1. The number of rotatable bonds is 4. The molecular weight excluding hydrogens is 470 g/mol. The number of halogens is 6. The molecule has 0 radical (unpaired) electrons. The topological polar surface area (TPSA) is 90.5 Å². The molecule has 1 aromatic carbocycles. The van der Waals surface area contributed by atoms with E-state index in [4.69, 9.17) is 5.73 Å². The maximum absolute atomic E-state index is 13.1. The highest BCUT2D eigenvalue weighted by atomic mass is 19.4. The molecule has 1 aromatic heterocycles. The number of hydrogen-bond donors (Lipinski definition) is 1. The number of ether oxygens (including phenoxy) is 1. The van der Waals surface area contributed by atoms with E-state index in [0.29, 0.717) is 12.5 Å². The lowest BCUT2D eigenvalue weighted by molar-refractivity contribution is -0.148. The third kappa shape index (κ3) is 6.27. The summed E-state index contributed by atoms with van der Waals surface area (Å²) >= 11 is 0. The van der Waals surface area contributed by atoms with Crippen LogP contribution in [0.25, 0.3) is 0 Å². The predicted molar refractivity (Wildman–Crippen MR) is 108 cm³/mol. The van der Waals surface area contributed by atoms with E-state index in [1.807, 2.05) is 6.92 Å². The summed E-state index contributed by atoms with van der Waals surface area (Å²) in [7, 11) is 1.06. The summed E-state index contributed by atoms with van der Waals surface area (Å²) in [6.07, 6.45) is -3.78. The lowest BCUT2D eigenvalue weighted by atomic mass is 10.0. The minimum atomic E-state index is -4.67. The highest BCUT2D eigenvalue weighted by molar-refractivity contribution is 5.89. The fourth-order valence-corrected chi connectivity index (χ4v) is 3.26. The third-order valence-electron chi connectivity index (χ3n) is 5.18. The fraction of sp³-hybridized carbons (Fsp3) is 0.476. The zero-order valence-corrected chi connectivity index (χ0v) is 18.7. The number of esters is 1. The molecule has 1 aliphatic rings. The zero-order chi connectivity index (χ0) is 25.8. The first-order valence-electron chi connectivity index (χ1n) is 10.2. The monoisotopic (exact) mass is 494 g/mol. The van der Waals surface area contributed by atoms with Gasteiger partial charge in [-0.2, -0.15) is 13.2 Å². The van der Waals surface area contributed by atoms with Crippen molar-refractivity contribution in [3.63, 3.8) is 0 Å². The van der Waals surface area contributed by atoms with Crippen molar-refractivity contribution in [2.45, 2.75) is 52.0 Å². The van der Waals surface area contributed by atoms with Gasteiger partial charge in [0.05, 0.1) is 19.3 Å². The van der Waals surface area contributed by atoms with Crippen molar-refractivity contribution in [3.8, 4) is 0 Å². The second kappa shape index (κ2) is 10.9. The Morgan fingerprint density at radius 3 is 2.29 bits per heavy atom.